The van der Waals surface area contributed by atoms with Gasteiger partial charge in [-0.3, -0.25) is 9.80 Å². The van der Waals surface area contributed by atoms with Crippen molar-refractivity contribution in [3.8, 4) is 0 Å². The van der Waals surface area contributed by atoms with Gasteiger partial charge in [-0.25, -0.2) is 0 Å². The minimum Gasteiger partial charge on any atom is -0.381 e. The van der Waals surface area contributed by atoms with Gasteiger partial charge in [-0.1, -0.05) is 30.3 Å². The molecular formula is C16H24N2O. The van der Waals surface area contributed by atoms with Crippen molar-refractivity contribution in [1.82, 2.24) is 9.80 Å². The molecule has 3 nitrogen and oxygen atoms in total. The Morgan fingerprint density at radius 1 is 1.05 bits per heavy atom. The number of benzene rings is 1. The third kappa shape index (κ3) is 2.99. The summed E-state index contributed by atoms with van der Waals surface area (Å²) in [6.07, 6.45) is 2.40. The molecule has 0 saturated carbocycles. The van der Waals surface area contributed by atoms with Crippen molar-refractivity contribution in [3.63, 3.8) is 0 Å². The van der Waals surface area contributed by atoms with Crippen molar-refractivity contribution < 1.29 is 4.74 Å². The van der Waals surface area contributed by atoms with E-state index in [9.17, 15) is 0 Å². The van der Waals surface area contributed by atoms with Crippen molar-refractivity contribution in [3.05, 3.63) is 35.9 Å². The van der Waals surface area contributed by atoms with Crippen LogP contribution < -0.4 is 0 Å². The van der Waals surface area contributed by atoms with Crippen LogP contribution in [0.4, 0.5) is 0 Å². The summed E-state index contributed by atoms with van der Waals surface area (Å²) in [7, 11) is 2.25. The van der Waals surface area contributed by atoms with E-state index in [1.807, 2.05) is 0 Å². The lowest BCUT2D eigenvalue weighted by molar-refractivity contribution is 0.001000. The van der Waals surface area contributed by atoms with Gasteiger partial charge >= 0.3 is 0 Å². The monoisotopic (exact) mass is 260 g/mol. The zero-order valence-corrected chi connectivity index (χ0v) is 11.8. The molecule has 2 aliphatic rings. The molecule has 0 amide bonds. The van der Waals surface area contributed by atoms with Crippen LogP contribution in [-0.4, -0.2) is 55.7 Å². The number of piperazine rings is 1. The summed E-state index contributed by atoms with van der Waals surface area (Å²) in [6, 6.07) is 12.2. The van der Waals surface area contributed by atoms with Crippen LogP contribution in [0.2, 0.25) is 0 Å². The predicted octanol–water partition coefficient (Wildman–Crippen LogP) is 2.15. The van der Waals surface area contributed by atoms with E-state index < -0.39 is 0 Å². The fourth-order valence-corrected chi connectivity index (χ4v) is 3.31. The summed E-state index contributed by atoms with van der Waals surface area (Å²) in [5.41, 5.74) is 1.45. The van der Waals surface area contributed by atoms with Crippen molar-refractivity contribution in [2.75, 3.05) is 39.9 Å². The van der Waals surface area contributed by atoms with Crippen LogP contribution in [0.1, 0.15) is 24.4 Å². The predicted molar refractivity (Wildman–Crippen MR) is 77.2 cm³/mol. The molecule has 1 aromatic rings. The maximum atomic E-state index is 5.49. The van der Waals surface area contributed by atoms with Gasteiger partial charge in [0.15, 0.2) is 0 Å². The van der Waals surface area contributed by atoms with Gasteiger partial charge in [0.05, 0.1) is 0 Å². The highest BCUT2D eigenvalue weighted by molar-refractivity contribution is 5.20. The third-order valence-corrected chi connectivity index (χ3v) is 4.57. The first-order valence-corrected chi connectivity index (χ1v) is 7.41. The Balaban J connectivity index is 1.70. The lowest BCUT2D eigenvalue weighted by Crippen LogP contribution is -2.51. The number of hydrogen-bond donors (Lipinski definition) is 0. The first kappa shape index (κ1) is 13.1. The number of rotatable bonds is 2. The fraction of sp³-hybridized carbons (Fsp3) is 0.625. The van der Waals surface area contributed by atoms with Crippen LogP contribution in [0.5, 0.6) is 0 Å². The second kappa shape index (κ2) is 6.04. The molecule has 0 aromatic heterocycles. The molecule has 2 fully saturated rings. The molecule has 0 spiro atoms. The Bertz CT molecular complexity index is 389. The zero-order chi connectivity index (χ0) is 13.1. The van der Waals surface area contributed by atoms with Crippen LogP contribution in [0, 0.1) is 0 Å². The number of ether oxygens (including phenoxy) is 1. The highest BCUT2D eigenvalue weighted by Gasteiger charge is 2.30. The van der Waals surface area contributed by atoms with E-state index in [2.05, 4.69) is 47.2 Å². The van der Waals surface area contributed by atoms with Gasteiger partial charge in [-0.05, 0) is 25.5 Å². The summed E-state index contributed by atoms with van der Waals surface area (Å²) < 4.78 is 5.49. The van der Waals surface area contributed by atoms with Crippen molar-refractivity contribution in [2.24, 2.45) is 0 Å². The highest BCUT2D eigenvalue weighted by Crippen LogP contribution is 2.27. The molecule has 2 heterocycles. The quantitative estimate of drug-likeness (QED) is 0.810. The Kier molecular flexibility index (Phi) is 4.16. The first-order chi connectivity index (χ1) is 9.34. The normalized spacial score (nSPS) is 27.5. The van der Waals surface area contributed by atoms with Gasteiger partial charge in [0.1, 0.15) is 0 Å². The van der Waals surface area contributed by atoms with E-state index in [1.54, 1.807) is 0 Å². The molecule has 19 heavy (non-hydrogen) atoms. The van der Waals surface area contributed by atoms with E-state index in [0.717, 1.165) is 32.3 Å². The lowest BCUT2D eigenvalue weighted by atomic mass is 9.99. The van der Waals surface area contributed by atoms with Gasteiger partial charge in [0, 0.05) is 44.9 Å². The van der Waals surface area contributed by atoms with Gasteiger partial charge < -0.3 is 4.74 Å². The Labute approximate surface area is 116 Å². The molecule has 1 atom stereocenters. The first-order valence-electron chi connectivity index (χ1n) is 7.41. The topological polar surface area (TPSA) is 15.7 Å². The number of nitrogens with zero attached hydrogens (tertiary/aromatic N) is 2. The summed E-state index contributed by atoms with van der Waals surface area (Å²) in [6.45, 7) is 5.40. The highest BCUT2D eigenvalue weighted by atomic mass is 16.5. The summed E-state index contributed by atoms with van der Waals surface area (Å²) in [5, 5.41) is 0. The van der Waals surface area contributed by atoms with E-state index in [0.29, 0.717) is 6.04 Å². The maximum absolute atomic E-state index is 5.49. The lowest BCUT2D eigenvalue weighted by Gasteiger charge is -2.44. The molecule has 0 unspecified atom stereocenters. The minimum absolute atomic E-state index is 0.540. The molecule has 0 bridgehead atoms. The van der Waals surface area contributed by atoms with Crippen molar-refractivity contribution >= 4 is 0 Å². The van der Waals surface area contributed by atoms with Crippen LogP contribution in [0.15, 0.2) is 30.3 Å². The number of hydrogen-bond acceptors (Lipinski definition) is 3. The molecule has 1 aromatic carbocycles. The van der Waals surface area contributed by atoms with Gasteiger partial charge in [-0.2, -0.15) is 0 Å². The molecule has 2 aliphatic heterocycles. The third-order valence-electron chi connectivity index (χ3n) is 4.57. The molecule has 2 saturated heterocycles. The molecule has 0 aliphatic carbocycles. The molecule has 3 rings (SSSR count). The smallest absolute Gasteiger partial charge is 0.0480 e. The molecule has 3 heteroatoms. The Morgan fingerprint density at radius 3 is 2.53 bits per heavy atom. The number of likely N-dealkylation sites (N-methyl/N-ethyl adjacent to an activating group) is 1. The van der Waals surface area contributed by atoms with E-state index >= 15 is 0 Å². The van der Waals surface area contributed by atoms with Crippen LogP contribution >= 0.6 is 0 Å². The molecule has 0 N–H and O–H groups in total. The minimum atomic E-state index is 0.540. The average molecular weight is 260 g/mol. The van der Waals surface area contributed by atoms with E-state index in [1.165, 1.54) is 24.9 Å². The largest absolute Gasteiger partial charge is 0.381 e. The van der Waals surface area contributed by atoms with Crippen LogP contribution in [0.25, 0.3) is 0 Å². The van der Waals surface area contributed by atoms with E-state index in [4.69, 9.17) is 4.74 Å². The van der Waals surface area contributed by atoms with Crippen LogP contribution in [0.3, 0.4) is 0 Å². The van der Waals surface area contributed by atoms with Crippen LogP contribution in [-0.2, 0) is 4.74 Å². The standard InChI is InChI=1S/C16H24N2O/c1-17-9-10-18(15-7-11-19-12-8-15)13-16(17)14-5-3-2-4-6-14/h2-6,15-16H,7-13H2,1H3/t16-/m0/s1. The zero-order valence-electron chi connectivity index (χ0n) is 11.8. The van der Waals surface area contributed by atoms with Gasteiger partial charge in [0.2, 0.25) is 0 Å². The van der Waals surface area contributed by atoms with Gasteiger partial charge in [0.25, 0.3) is 0 Å². The molecule has 0 radical (unpaired) electrons. The fourth-order valence-electron chi connectivity index (χ4n) is 3.31. The Hall–Kier alpha value is -0.900. The van der Waals surface area contributed by atoms with Crippen molar-refractivity contribution in [1.29, 1.82) is 0 Å². The summed E-state index contributed by atoms with van der Waals surface area (Å²) in [5.74, 6) is 0. The maximum Gasteiger partial charge on any atom is 0.0480 e. The average Bonchev–Trinajstić information content (AvgIpc) is 2.49. The van der Waals surface area contributed by atoms with Gasteiger partial charge in [-0.15, -0.1) is 0 Å². The summed E-state index contributed by atoms with van der Waals surface area (Å²) >= 11 is 0. The SMILES string of the molecule is CN1CCN(C2CCOCC2)C[C@H]1c1ccccc1. The Morgan fingerprint density at radius 2 is 1.79 bits per heavy atom. The molecular weight excluding hydrogens is 236 g/mol. The van der Waals surface area contributed by atoms with Crippen molar-refractivity contribution in [2.45, 2.75) is 24.9 Å². The summed E-state index contributed by atoms with van der Waals surface area (Å²) in [4.78, 5) is 5.17. The second-order valence-electron chi connectivity index (χ2n) is 5.75. The molecule has 104 valence electrons. The second-order valence-corrected chi connectivity index (χ2v) is 5.75. The van der Waals surface area contributed by atoms with E-state index in [-0.39, 0.29) is 0 Å².